The zero-order valence-electron chi connectivity index (χ0n) is 16.5. The Hall–Kier alpha value is -3.52. The minimum atomic E-state index is -0.493. The van der Waals surface area contributed by atoms with Gasteiger partial charge in [-0.3, -0.25) is 14.5 Å². The Balaban J connectivity index is 1.34. The standard InChI is InChI=1S/C22H23N5O3/c23-20(28)15-8-10-18(11-9-15)24-22(29)17-7-4-12-27(13-17)14-19-25-21(26-30-19)16-5-2-1-3-6-16/h1-3,5-6,8-11,17H,4,7,12-14H2,(H2,23,28)(H,24,29). The van der Waals surface area contributed by atoms with Crippen molar-refractivity contribution in [2.24, 2.45) is 11.7 Å². The molecule has 154 valence electrons. The van der Waals surface area contributed by atoms with Crippen LogP contribution in [0.1, 0.15) is 29.1 Å². The predicted octanol–water partition coefficient (Wildman–Crippen LogP) is 2.69. The van der Waals surface area contributed by atoms with Gasteiger partial charge in [-0.1, -0.05) is 35.5 Å². The van der Waals surface area contributed by atoms with Crippen molar-refractivity contribution in [1.82, 2.24) is 15.0 Å². The fraction of sp³-hybridized carbons (Fsp3) is 0.273. The third-order valence-electron chi connectivity index (χ3n) is 5.17. The summed E-state index contributed by atoms with van der Waals surface area (Å²) in [5.74, 6) is 0.439. The molecule has 4 rings (SSSR count). The molecule has 0 aliphatic carbocycles. The van der Waals surface area contributed by atoms with E-state index in [-0.39, 0.29) is 11.8 Å². The van der Waals surface area contributed by atoms with Gasteiger partial charge in [0.15, 0.2) is 0 Å². The van der Waals surface area contributed by atoms with E-state index in [0.717, 1.165) is 24.9 Å². The fourth-order valence-corrected chi connectivity index (χ4v) is 3.59. The Morgan fingerprint density at radius 3 is 2.63 bits per heavy atom. The molecule has 2 heterocycles. The lowest BCUT2D eigenvalue weighted by Crippen LogP contribution is -2.40. The molecule has 0 bridgehead atoms. The van der Waals surface area contributed by atoms with Gasteiger partial charge in [0.1, 0.15) is 0 Å². The highest BCUT2D eigenvalue weighted by atomic mass is 16.5. The monoisotopic (exact) mass is 405 g/mol. The fourth-order valence-electron chi connectivity index (χ4n) is 3.59. The number of anilines is 1. The number of carbonyl (C=O) groups is 2. The maximum absolute atomic E-state index is 12.7. The summed E-state index contributed by atoms with van der Waals surface area (Å²) in [5.41, 5.74) is 7.21. The quantitative estimate of drug-likeness (QED) is 0.652. The number of piperidine rings is 1. The molecule has 0 radical (unpaired) electrons. The molecule has 1 fully saturated rings. The lowest BCUT2D eigenvalue weighted by molar-refractivity contribution is -0.121. The van der Waals surface area contributed by atoms with Crippen LogP contribution in [0, 0.1) is 5.92 Å². The molecule has 1 aliphatic heterocycles. The largest absolute Gasteiger partial charge is 0.366 e. The first kappa shape index (κ1) is 19.8. The van der Waals surface area contributed by atoms with Gasteiger partial charge in [0.2, 0.25) is 23.5 Å². The van der Waals surface area contributed by atoms with Crippen molar-refractivity contribution < 1.29 is 14.1 Å². The zero-order valence-corrected chi connectivity index (χ0v) is 16.5. The van der Waals surface area contributed by atoms with Gasteiger partial charge in [0.25, 0.3) is 0 Å². The van der Waals surface area contributed by atoms with E-state index in [1.54, 1.807) is 24.3 Å². The average molecular weight is 405 g/mol. The van der Waals surface area contributed by atoms with Gasteiger partial charge in [-0.05, 0) is 43.7 Å². The predicted molar refractivity (Wildman–Crippen MR) is 111 cm³/mol. The molecular formula is C22H23N5O3. The number of nitrogens with two attached hydrogens (primary N) is 1. The molecule has 3 N–H and O–H groups in total. The lowest BCUT2D eigenvalue weighted by Gasteiger charge is -2.30. The summed E-state index contributed by atoms with van der Waals surface area (Å²) < 4.78 is 5.40. The van der Waals surface area contributed by atoms with Crippen LogP contribution in [0.15, 0.2) is 59.1 Å². The molecule has 2 amide bonds. The van der Waals surface area contributed by atoms with Crippen molar-refractivity contribution in [2.75, 3.05) is 18.4 Å². The molecule has 0 spiro atoms. The molecular weight excluding hydrogens is 382 g/mol. The second kappa shape index (κ2) is 8.87. The van der Waals surface area contributed by atoms with Gasteiger partial charge in [-0.2, -0.15) is 4.98 Å². The van der Waals surface area contributed by atoms with E-state index in [0.29, 0.717) is 36.1 Å². The summed E-state index contributed by atoms with van der Waals surface area (Å²) in [6.45, 7) is 2.01. The number of primary amides is 1. The van der Waals surface area contributed by atoms with E-state index >= 15 is 0 Å². The van der Waals surface area contributed by atoms with Gasteiger partial charge in [-0.25, -0.2) is 0 Å². The molecule has 30 heavy (non-hydrogen) atoms. The van der Waals surface area contributed by atoms with Crippen molar-refractivity contribution in [3.05, 3.63) is 66.1 Å². The number of hydrogen-bond acceptors (Lipinski definition) is 6. The number of aromatic nitrogens is 2. The average Bonchev–Trinajstić information content (AvgIpc) is 3.23. The van der Waals surface area contributed by atoms with Crippen molar-refractivity contribution >= 4 is 17.5 Å². The molecule has 8 heteroatoms. The van der Waals surface area contributed by atoms with Crippen LogP contribution in [0.25, 0.3) is 11.4 Å². The van der Waals surface area contributed by atoms with Crippen LogP contribution < -0.4 is 11.1 Å². The van der Waals surface area contributed by atoms with E-state index in [4.69, 9.17) is 10.3 Å². The summed E-state index contributed by atoms with van der Waals surface area (Å²) in [4.78, 5) is 30.5. The third kappa shape index (κ3) is 4.72. The second-order valence-corrected chi connectivity index (χ2v) is 7.38. The molecule has 1 aromatic heterocycles. The number of amides is 2. The lowest BCUT2D eigenvalue weighted by atomic mass is 9.97. The summed E-state index contributed by atoms with van der Waals surface area (Å²) in [7, 11) is 0. The highest BCUT2D eigenvalue weighted by Crippen LogP contribution is 2.21. The second-order valence-electron chi connectivity index (χ2n) is 7.38. The van der Waals surface area contributed by atoms with Crippen molar-refractivity contribution in [3.8, 4) is 11.4 Å². The number of nitrogens with zero attached hydrogens (tertiary/aromatic N) is 3. The molecule has 1 saturated heterocycles. The normalized spacial score (nSPS) is 16.9. The summed E-state index contributed by atoms with van der Waals surface area (Å²) in [6, 6.07) is 16.2. The van der Waals surface area contributed by atoms with Gasteiger partial charge >= 0.3 is 0 Å². The van der Waals surface area contributed by atoms with E-state index in [2.05, 4.69) is 20.4 Å². The third-order valence-corrected chi connectivity index (χ3v) is 5.17. The van der Waals surface area contributed by atoms with Crippen molar-refractivity contribution in [2.45, 2.75) is 19.4 Å². The number of hydrogen-bond donors (Lipinski definition) is 2. The SMILES string of the molecule is NC(=O)c1ccc(NC(=O)C2CCCN(Cc3nc(-c4ccccc4)no3)C2)cc1. The van der Waals surface area contributed by atoms with Crippen LogP contribution in [0.2, 0.25) is 0 Å². The number of likely N-dealkylation sites (tertiary alicyclic amines) is 1. The van der Waals surface area contributed by atoms with Crippen LogP contribution in [0.4, 0.5) is 5.69 Å². The Kier molecular flexibility index (Phi) is 5.85. The summed E-state index contributed by atoms with van der Waals surface area (Å²) >= 11 is 0. The number of carbonyl (C=O) groups excluding carboxylic acids is 2. The van der Waals surface area contributed by atoms with Crippen molar-refractivity contribution in [3.63, 3.8) is 0 Å². The number of benzene rings is 2. The first-order chi connectivity index (χ1) is 14.6. The van der Waals surface area contributed by atoms with Gasteiger partial charge < -0.3 is 15.6 Å². The Morgan fingerprint density at radius 2 is 1.90 bits per heavy atom. The molecule has 1 atom stereocenters. The first-order valence-corrected chi connectivity index (χ1v) is 9.89. The number of rotatable bonds is 6. The van der Waals surface area contributed by atoms with Crippen LogP contribution in [-0.4, -0.2) is 39.9 Å². The molecule has 1 aliphatic rings. The van der Waals surface area contributed by atoms with Gasteiger partial charge in [0, 0.05) is 23.4 Å². The van der Waals surface area contributed by atoms with Crippen molar-refractivity contribution in [1.29, 1.82) is 0 Å². The smallest absolute Gasteiger partial charge is 0.248 e. The van der Waals surface area contributed by atoms with Gasteiger partial charge in [0.05, 0.1) is 12.5 Å². The first-order valence-electron chi connectivity index (χ1n) is 9.89. The van der Waals surface area contributed by atoms with Crippen LogP contribution >= 0.6 is 0 Å². The molecule has 3 aromatic rings. The maximum Gasteiger partial charge on any atom is 0.248 e. The maximum atomic E-state index is 12.7. The zero-order chi connectivity index (χ0) is 20.9. The molecule has 1 unspecified atom stereocenters. The molecule has 2 aromatic carbocycles. The van der Waals surface area contributed by atoms with E-state index < -0.39 is 5.91 Å². The molecule has 0 saturated carbocycles. The summed E-state index contributed by atoms with van der Waals surface area (Å²) in [5, 5.41) is 6.98. The van der Waals surface area contributed by atoms with Crippen LogP contribution in [-0.2, 0) is 11.3 Å². The van der Waals surface area contributed by atoms with E-state index in [9.17, 15) is 9.59 Å². The van der Waals surface area contributed by atoms with Crippen LogP contribution in [0.3, 0.4) is 0 Å². The molecule has 8 nitrogen and oxygen atoms in total. The van der Waals surface area contributed by atoms with Crippen LogP contribution in [0.5, 0.6) is 0 Å². The van der Waals surface area contributed by atoms with E-state index in [1.807, 2.05) is 30.3 Å². The summed E-state index contributed by atoms with van der Waals surface area (Å²) in [6.07, 6.45) is 1.74. The minimum absolute atomic E-state index is 0.0398. The Bertz CT molecular complexity index is 1020. The van der Waals surface area contributed by atoms with Gasteiger partial charge in [-0.15, -0.1) is 0 Å². The Labute approximate surface area is 174 Å². The van der Waals surface area contributed by atoms with E-state index in [1.165, 1.54) is 0 Å². The Morgan fingerprint density at radius 1 is 1.13 bits per heavy atom. The number of nitrogens with one attached hydrogen (secondary N) is 1. The highest BCUT2D eigenvalue weighted by Gasteiger charge is 2.27. The highest BCUT2D eigenvalue weighted by molar-refractivity contribution is 5.95. The minimum Gasteiger partial charge on any atom is -0.366 e. The topological polar surface area (TPSA) is 114 Å².